The predicted molar refractivity (Wildman–Crippen MR) is 142 cm³/mol. The summed E-state index contributed by atoms with van der Waals surface area (Å²) in [4.78, 5) is 17.9. The summed E-state index contributed by atoms with van der Waals surface area (Å²) in [5, 5.41) is 25.6. The second-order valence-electron chi connectivity index (χ2n) is 9.54. The van der Waals surface area contributed by atoms with Crippen LogP contribution in [0.3, 0.4) is 0 Å². The number of anilines is 2. The third-order valence-electron chi connectivity index (χ3n) is 6.11. The van der Waals surface area contributed by atoms with Gasteiger partial charge in [0.1, 0.15) is 17.3 Å². The molecule has 0 aliphatic heterocycles. The molecule has 2 aromatic heterocycles. The summed E-state index contributed by atoms with van der Waals surface area (Å²) in [5.41, 5.74) is 3.14. The maximum absolute atomic E-state index is 11.7. The van der Waals surface area contributed by atoms with E-state index in [1.807, 2.05) is 45.0 Å². The van der Waals surface area contributed by atoms with Gasteiger partial charge in [0.15, 0.2) is 23.0 Å². The largest absolute Gasteiger partial charge is 0.493 e. The normalized spacial score (nSPS) is 11.2. The number of amides is 1. The summed E-state index contributed by atoms with van der Waals surface area (Å²) in [6.45, 7) is 5.84. The number of fused-ring (bicyclic) bond motifs is 1. The number of benzene rings is 2. The Kier molecular flexibility index (Phi) is 7.08. The molecule has 0 saturated heterocycles. The summed E-state index contributed by atoms with van der Waals surface area (Å²) < 4.78 is 18.2. The Morgan fingerprint density at radius 1 is 1.13 bits per heavy atom. The second kappa shape index (κ2) is 10.3. The third kappa shape index (κ3) is 4.88. The summed E-state index contributed by atoms with van der Waals surface area (Å²) in [6.07, 6.45) is 0.610. The van der Waals surface area contributed by atoms with E-state index in [-0.39, 0.29) is 6.54 Å². The van der Waals surface area contributed by atoms with Gasteiger partial charge in [-0.3, -0.25) is 10.00 Å². The van der Waals surface area contributed by atoms with Crippen LogP contribution in [-0.2, 0) is 6.54 Å². The van der Waals surface area contributed by atoms with E-state index < -0.39 is 11.6 Å². The Labute approximate surface area is 220 Å². The second-order valence-corrected chi connectivity index (χ2v) is 9.54. The van der Waals surface area contributed by atoms with E-state index in [1.165, 1.54) is 26.2 Å². The van der Waals surface area contributed by atoms with E-state index in [1.54, 1.807) is 22.8 Å². The fourth-order valence-corrected chi connectivity index (χ4v) is 4.14. The topological polar surface area (TPSA) is 137 Å². The highest BCUT2D eigenvalue weighted by Gasteiger charge is 2.26. The monoisotopic (exact) mass is 518 g/mol. The highest BCUT2D eigenvalue weighted by Crippen LogP contribution is 2.43. The molecule has 11 nitrogen and oxygen atoms in total. The van der Waals surface area contributed by atoms with E-state index in [0.29, 0.717) is 45.5 Å². The maximum atomic E-state index is 11.7. The van der Waals surface area contributed by atoms with Crippen LogP contribution in [0.4, 0.5) is 16.3 Å². The minimum absolute atomic E-state index is 0.259. The van der Waals surface area contributed by atoms with Crippen molar-refractivity contribution in [3.63, 3.8) is 0 Å². The molecule has 0 atom stereocenters. The van der Waals surface area contributed by atoms with Crippen molar-refractivity contribution in [2.24, 2.45) is 0 Å². The van der Waals surface area contributed by atoms with Crippen LogP contribution in [0.1, 0.15) is 31.9 Å². The number of methoxy groups -OCH3 is 3. The van der Waals surface area contributed by atoms with Gasteiger partial charge in [-0.1, -0.05) is 12.1 Å². The molecule has 0 fully saturated rings. The van der Waals surface area contributed by atoms with Crippen LogP contribution < -0.4 is 19.5 Å². The third-order valence-corrected chi connectivity index (χ3v) is 6.11. The van der Waals surface area contributed by atoms with Gasteiger partial charge in [0.2, 0.25) is 5.75 Å². The maximum Gasteiger partial charge on any atom is 0.408 e. The van der Waals surface area contributed by atoms with Crippen LogP contribution >= 0.6 is 0 Å². The minimum Gasteiger partial charge on any atom is -0.493 e. The van der Waals surface area contributed by atoms with E-state index in [9.17, 15) is 15.2 Å². The van der Waals surface area contributed by atoms with Gasteiger partial charge in [0, 0.05) is 29.5 Å². The number of rotatable bonds is 8. The van der Waals surface area contributed by atoms with Crippen molar-refractivity contribution in [1.29, 1.82) is 5.26 Å². The van der Waals surface area contributed by atoms with Gasteiger partial charge >= 0.3 is 6.09 Å². The lowest BCUT2D eigenvalue weighted by Gasteiger charge is -2.33. The number of aromatic nitrogens is 3. The Hall–Kier alpha value is -4.85. The van der Waals surface area contributed by atoms with Crippen molar-refractivity contribution in [3.8, 4) is 34.6 Å². The van der Waals surface area contributed by atoms with E-state index >= 15 is 0 Å². The fraction of sp³-hybridized carbons (Fsp3) is 0.296. The molecule has 0 radical (unpaired) electrons. The zero-order chi connectivity index (χ0) is 27.6. The Morgan fingerprint density at radius 2 is 1.76 bits per heavy atom. The van der Waals surface area contributed by atoms with Gasteiger partial charge < -0.3 is 24.6 Å². The van der Waals surface area contributed by atoms with Gasteiger partial charge in [-0.25, -0.2) is 14.3 Å². The van der Waals surface area contributed by atoms with Crippen molar-refractivity contribution in [1.82, 2.24) is 19.5 Å². The molecular weight excluding hydrogens is 488 g/mol. The minimum atomic E-state index is -0.976. The number of nitriles is 1. The Morgan fingerprint density at radius 3 is 2.26 bits per heavy atom. The Bertz CT molecular complexity index is 1480. The first-order valence-corrected chi connectivity index (χ1v) is 11.8. The molecule has 198 valence electrons. The summed E-state index contributed by atoms with van der Waals surface area (Å²) in [5.74, 6) is 1.98. The molecule has 4 rings (SSSR count). The number of imidazole rings is 1. The number of ether oxygens (including phenoxy) is 3. The van der Waals surface area contributed by atoms with Crippen LogP contribution in [0.15, 0.2) is 42.6 Å². The first kappa shape index (κ1) is 26.2. The molecular formula is C27H30N6O5. The number of nitrogens with zero attached hydrogens (tertiary/aromatic N) is 4. The fourth-order valence-electron chi connectivity index (χ4n) is 4.14. The van der Waals surface area contributed by atoms with E-state index in [0.717, 1.165) is 11.3 Å². The molecule has 4 aromatic rings. The molecule has 0 unspecified atom stereocenters. The van der Waals surface area contributed by atoms with Crippen molar-refractivity contribution >= 4 is 23.2 Å². The number of hydrogen-bond donors (Lipinski definition) is 3. The number of nitrogens with one attached hydrogen (secondary N) is 2. The standard InChI is InChI=1S/C27H30N6O5/c1-27(2,3)32(26(34)35)15-16-7-9-19(10-8-16)30-25-22(31-24-18(13-28)14-29-33(24)25)17-11-20(36-4)23(38-6)21(12-17)37-5/h7-12,14,29-30H,15H2,1-6H3,(H,34,35). The van der Waals surface area contributed by atoms with E-state index in [2.05, 4.69) is 16.5 Å². The quantitative estimate of drug-likeness (QED) is 0.288. The number of H-pyrrole nitrogens is 1. The molecule has 3 N–H and O–H groups in total. The number of aromatic amines is 1. The first-order valence-electron chi connectivity index (χ1n) is 11.8. The van der Waals surface area contributed by atoms with Crippen LogP contribution in [0, 0.1) is 11.3 Å². The predicted octanol–water partition coefficient (Wildman–Crippen LogP) is 5.25. The smallest absolute Gasteiger partial charge is 0.408 e. The number of hydrogen-bond acceptors (Lipinski definition) is 7. The Balaban J connectivity index is 1.75. The lowest BCUT2D eigenvalue weighted by Crippen LogP contribution is -2.44. The molecule has 11 heteroatoms. The van der Waals surface area contributed by atoms with Gasteiger partial charge in [0.05, 0.1) is 21.3 Å². The van der Waals surface area contributed by atoms with Crippen molar-refractivity contribution in [2.75, 3.05) is 26.6 Å². The molecule has 2 heterocycles. The van der Waals surface area contributed by atoms with Gasteiger partial charge in [-0.15, -0.1) is 0 Å². The zero-order valence-electron chi connectivity index (χ0n) is 22.1. The average Bonchev–Trinajstić information content (AvgIpc) is 3.46. The van der Waals surface area contributed by atoms with Gasteiger partial charge in [-0.05, 0) is 50.6 Å². The van der Waals surface area contributed by atoms with Crippen molar-refractivity contribution in [3.05, 3.63) is 53.7 Å². The summed E-state index contributed by atoms with van der Waals surface area (Å²) >= 11 is 0. The molecule has 0 saturated carbocycles. The van der Waals surface area contributed by atoms with Crippen LogP contribution in [0.25, 0.3) is 16.9 Å². The lowest BCUT2D eigenvalue weighted by molar-refractivity contribution is 0.0955. The SMILES string of the molecule is COc1cc(-c2nc3c(C#N)c[nH]n3c2Nc2ccc(CN(C(=O)O)C(C)(C)C)cc2)cc(OC)c1OC. The van der Waals surface area contributed by atoms with Crippen molar-refractivity contribution < 1.29 is 24.1 Å². The van der Waals surface area contributed by atoms with Crippen LogP contribution in [-0.4, -0.2) is 57.6 Å². The van der Waals surface area contributed by atoms with E-state index in [4.69, 9.17) is 19.2 Å². The van der Waals surface area contributed by atoms with Gasteiger partial charge in [0.25, 0.3) is 0 Å². The summed E-state index contributed by atoms with van der Waals surface area (Å²) in [6, 6.07) is 13.2. The average molecular weight is 519 g/mol. The molecule has 38 heavy (non-hydrogen) atoms. The molecule has 0 aliphatic carbocycles. The van der Waals surface area contributed by atoms with Gasteiger partial charge in [-0.2, -0.15) is 5.26 Å². The molecule has 1 amide bonds. The highest BCUT2D eigenvalue weighted by atomic mass is 16.5. The summed E-state index contributed by atoms with van der Waals surface area (Å²) in [7, 11) is 4.61. The van der Waals surface area contributed by atoms with Crippen LogP contribution in [0.2, 0.25) is 0 Å². The zero-order valence-corrected chi connectivity index (χ0v) is 22.1. The number of carbonyl (C=O) groups is 1. The molecule has 0 aliphatic rings. The van der Waals surface area contributed by atoms with Crippen LogP contribution in [0.5, 0.6) is 17.2 Å². The molecule has 0 spiro atoms. The highest BCUT2D eigenvalue weighted by molar-refractivity contribution is 5.83. The first-order chi connectivity index (χ1) is 18.1. The molecule has 0 bridgehead atoms. The number of carboxylic acid groups (broad SMARTS) is 1. The lowest BCUT2D eigenvalue weighted by atomic mass is 10.1. The molecule has 2 aromatic carbocycles. The van der Waals surface area contributed by atoms with Crippen molar-refractivity contribution in [2.45, 2.75) is 32.9 Å².